The lowest BCUT2D eigenvalue weighted by Gasteiger charge is -2.21. The third-order valence-electron chi connectivity index (χ3n) is 3.39. The molecule has 3 nitrogen and oxygen atoms in total. The maximum absolute atomic E-state index is 6.48. The molecular weight excluding hydrogens is 398 g/mol. The van der Waals surface area contributed by atoms with E-state index in [0.29, 0.717) is 11.5 Å². The van der Waals surface area contributed by atoms with Crippen LogP contribution in [0.4, 0.5) is 0 Å². The van der Waals surface area contributed by atoms with Crippen LogP contribution in [0.3, 0.4) is 0 Å². The van der Waals surface area contributed by atoms with Gasteiger partial charge in [0.15, 0.2) is 0 Å². The largest absolute Gasteiger partial charge is 0.496 e. The molecule has 2 aromatic carbocycles. The van der Waals surface area contributed by atoms with Crippen LogP contribution < -0.4 is 15.2 Å². The number of hydrogen-bond acceptors (Lipinski definition) is 3. The second kappa shape index (κ2) is 6.81. The van der Waals surface area contributed by atoms with Gasteiger partial charge in [0, 0.05) is 8.95 Å². The molecule has 0 aromatic heterocycles. The molecule has 5 heteroatoms. The first-order valence-corrected chi connectivity index (χ1v) is 8.00. The van der Waals surface area contributed by atoms with Gasteiger partial charge in [-0.05, 0) is 42.3 Å². The zero-order chi connectivity index (χ0) is 15.6. The summed E-state index contributed by atoms with van der Waals surface area (Å²) in [6, 6.07) is 9.36. The minimum Gasteiger partial charge on any atom is -0.496 e. The van der Waals surface area contributed by atoms with E-state index in [0.717, 1.165) is 25.6 Å². The molecular formula is C16H17Br2NO2. The number of methoxy groups -OCH3 is 2. The van der Waals surface area contributed by atoms with Crippen LogP contribution in [0, 0.1) is 6.92 Å². The third-order valence-corrected chi connectivity index (χ3v) is 4.93. The summed E-state index contributed by atoms with van der Waals surface area (Å²) in [5, 5.41) is 0. The van der Waals surface area contributed by atoms with Gasteiger partial charge in [-0.3, -0.25) is 0 Å². The smallest absolute Gasteiger partial charge is 0.127 e. The van der Waals surface area contributed by atoms with E-state index in [4.69, 9.17) is 15.2 Å². The highest BCUT2D eigenvalue weighted by atomic mass is 79.9. The van der Waals surface area contributed by atoms with E-state index in [-0.39, 0.29) is 6.04 Å². The highest BCUT2D eigenvalue weighted by Gasteiger charge is 2.21. The average Bonchev–Trinajstić information content (AvgIpc) is 2.49. The van der Waals surface area contributed by atoms with E-state index in [1.54, 1.807) is 14.2 Å². The summed E-state index contributed by atoms with van der Waals surface area (Å²) < 4.78 is 12.9. The molecule has 112 valence electrons. The van der Waals surface area contributed by atoms with Gasteiger partial charge in [0.25, 0.3) is 0 Å². The second-order valence-electron chi connectivity index (χ2n) is 4.68. The fourth-order valence-corrected chi connectivity index (χ4v) is 3.31. The Labute approximate surface area is 141 Å². The summed E-state index contributed by atoms with van der Waals surface area (Å²) in [6.07, 6.45) is 0. The van der Waals surface area contributed by atoms with E-state index in [1.807, 2.05) is 37.3 Å². The Morgan fingerprint density at radius 3 is 2.10 bits per heavy atom. The first kappa shape index (κ1) is 16.3. The van der Waals surface area contributed by atoms with E-state index < -0.39 is 0 Å². The van der Waals surface area contributed by atoms with Crippen molar-refractivity contribution >= 4 is 31.9 Å². The summed E-state index contributed by atoms with van der Waals surface area (Å²) in [5.74, 6) is 1.43. The molecule has 0 saturated carbocycles. The van der Waals surface area contributed by atoms with Gasteiger partial charge >= 0.3 is 0 Å². The van der Waals surface area contributed by atoms with Crippen molar-refractivity contribution in [1.29, 1.82) is 0 Å². The van der Waals surface area contributed by atoms with Crippen LogP contribution in [0.1, 0.15) is 22.7 Å². The molecule has 2 aromatic rings. The number of nitrogens with two attached hydrogens (primary N) is 1. The third kappa shape index (κ3) is 3.25. The van der Waals surface area contributed by atoms with Gasteiger partial charge in [0.05, 0.1) is 25.8 Å². The molecule has 0 heterocycles. The Bertz CT molecular complexity index is 637. The quantitative estimate of drug-likeness (QED) is 0.795. The molecule has 0 spiro atoms. The Balaban J connectivity index is 2.59. The predicted octanol–water partition coefficient (Wildman–Crippen LogP) is 4.59. The van der Waals surface area contributed by atoms with Gasteiger partial charge in [-0.25, -0.2) is 0 Å². The highest BCUT2D eigenvalue weighted by Crippen LogP contribution is 2.39. The minimum absolute atomic E-state index is 0.359. The summed E-state index contributed by atoms with van der Waals surface area (Å²) >= 11 is 7.14. The number of aryl methyl sites for hydroxylation is 1. The van der Waals surface area contributed by atoms with Crippen molar-refractivity contribution in [1.82, 2.24) is 0 Å². The zero-order valence-electron chi connectivity index (χ0n) is 12.1. The van der Waals surface area contributed by atoms with Gasteiger partial charge in [-0.1, -0.05) is 37.9 Å². The van der Waals surface area contributed by atoms with Crippen LogP contribution >= 0.6 is 31.9 Å². The molecule has 1 atom stereocenters. The standard InChI is InChI=1S/C16H17Br2NO2/c1-9-7-12(18)10(8-11(9)17)16(19)15-13(20-2)5-4-6-14(15)21-3/h4-8,16H,19H2,1-3H3. The van der Waals surface area contributed by atoms with Gasteiger partial charge < -0.3 is 15.2 Å². The number of benzene rings is 2. The van der Waals surface area contributed by atoms with E-state index in [1.165, 1.54) is 0 Å². The topological polar surface area (TPSA) is 44.5 Å². The Hall–Kier alpha value is -1.04. The Kier molecular flexibility index (Phi) is 5.30. The summed E-state index contributed by atoms with van der Waals surface area (Å²) in [7, 11) is 3.26. The van der Waals surface area contributed by atoms with E-state index >= 15 is 0 Å². The van der Waals surface area contributed by atoms with Gasteiger partial charge in [-0.2, -0.15) is 0 Å². The molecule has 0 aliphatic rings. The summed E-state index contributed by atoms with van der Waals surface area (Å²) in [5.41, 5.74) is 9.42. The normalized spacial score (nSPS) is 12.1. The number of hydrogen-bond donors (Lipinski definition) is 1. The average molecular weight is 415 g/mol. The van der Waals surface area contributed by atoms with Crippen molar-refractivity contribution < 1.29 is 9.47 Å². The molecule has 2 rings (SSSR count). The van der Waals surface area contributed by atoms with Crippen LogP contribution in [-0.4, -0.2) is 14.2 Å². The lowest BCUT2D eigenvalue weighted by molar-refractivity contribution is 0.382. The lowest BCUT2D eigenvalue weighted by atomic mass is 9.97. The molecule has 0 saturated heterocycles. The van der Waals surface area contributed by atoms with E-state index in [2.05, 4.69) is 31.9 Å². The summed E-state index contributed by atoms with van der Waals surface area (Å²) in [6.45, 7) is 2.04. The van der Waals surface area contributed by atoms with Crippen LogP contribution in [0.5, 0.6) is 11.5 Å². The van der Waals surface area contributed by atoms with Crippen molar-refractivity contribution in [2.24, 2.45) is 5.73 Å². The molecule has 21 heavy (non-hydrogen) atoms. The predicted molar refractivity (Wildman–Crippen MR) is 92.2 cm³/mol. The Morgan fingerprint density at radius 1 is 1.00 bits per heavy atom. The molecule has 0 aliphatic carbocycles. The lowest BCUT2D eigenvalue weighted by Crippen LogP contribution is -2.15. The highest BCUT2D eigenvalue weighted by molar-refractivity contribution is 9.11. The zero-order valence-corrected chi connectivity index (χ0v) is 15.3. The molecule has 0 bridgehead atoms. The first-order chi connectivity index (χ1) is 9.99. The first-order valence-electron chi connectivity index (χ1n) is 6.41. The van der Waals surface area contributed by atoms with Crippen molar-refractivity contribution in [3.8, 4) is 11.5 Å². The fourth-order valence-electron chi connectivity index (χ4n) is 2.24. The molecule has 0 amide bonds. The summed E-state index contributed by atoms with van der Waals surface area (Å²) in [4.78, 5) is 0. The van der Waals surface area contributed by atoms with Crippen LogP contribution in [0.25, 0.3) is 0 Å². The SMILES string of the molecule is COc1cccc(OC)c1C(N)c1cc(Br)c(C)cc1Br. The Morgan fingerprint density at radius 2 is 1.57 bits per heavy atom. The van der Waals surface area contributed by atoms with Crippen molar-refractivity contribution in [3.63, 3.8) is 0 Å². The van der Waals surface area contributed by atoms with Crippen molar-refractivity contribution in [3.05, 3.63) is 56.0 Å². The molecule has 2 N–H and O–H groups in total. The number of rotatable bonds is 4. The minimum atomic E-state index is -0.359. The fraction of sp³-hybridized carbons (Fsp3) is 0.250. The van der Waals surface area contributed by atoms with Crippen LogP contribution in [0.15, 0.2) is 39.3 Å². The monoisotopic (exact) mass is 413 g/mol. The van der Waals surface area contributed by atoms with Crippen molar-refractivity contribution in [2.75, 3.05) is 14.2 Å². The number of halogens is 2. The van der Waals surface area contributed by atoms with E-state index in [9.17, 15) is 0 Å². The van der Waals surface area contributed by atoms with Gasteiger partial charge in [0.2, 0.25) is 0 Å². The molecule has 1 unspecified atom stereocenters. The van der Waals surface area contributed by atoms with Gasteiger partial charge in [0.1, 0.15) is 11.5 Å². The maximum Gasteiger partial charge on any atom is 0.127 e. The molecule has 0 aliphatic heterocycles. The molecule has 0 fully saturated rings. The van der Waals surface area contributed by atoms with Crippen LogP contribution in [0.2, 0.25) is 0 Å². The second-order valence-corrected chi connectivity index (χ2v) is 6.39. The number of ether oxygens (including phenoxy) is 2. The molecule has 0 radical (unpaired) electrons. The van der Waals surface area contributed by atoms with Gasteiger partial charge in [-0.15, -0.1) is 0 Å². The van der Waals surface area contributed by atoms with Crippen molar-refractivity contribution in [2.45, 2.75) is 13.0 Å². The maximum atomic E-state index is 6.48. The van der Waals surface area contributed by atoms with Crippen LogP contribution in [-0.2, 0) is 0 Å².